The largest absolute Gasteiger partial charge is 0.308 e. The molecule has 0 aliphatic carbocycles. The normalized spacial score (nSPS) is 9.50. The fourth-order valence-electron chi connectivity index (χ4n) is 1.24. The zero-order chi connectivity index (χ0) is 11.8. The SMILES string of the molecule is N#CCN(CC#N)Cc1cccc(NN)n1. The van der Waals surface area contributed by atoms with Gasteiger partial charge in [-0.05, 0) is 12.1 Å². The molecule has 0 radical (unpaired) electrons. The molecule has 3 N–H and O–H groups in total. The summed E-state index contributed by atoms with van der Waals surface area (Å²) in [6.07, 6.45) is 0. The van der Waals surface area contributed by atoms with Crippen LogP contribution in [0.2, 0.25) is 0 Å². The van der Waals surface area contributed by atoms with Crippen LogP contribution in [0.25, 0.3) is 0 Å². The second-order valence-electron chi connectivity index (χ2n) is 3.12. The van der Waals surface area contributed by atoms with Gasteiger partial charge in [0.05, 0.1) is 30.9 Å². The number of nitrogens with two attached hydrogens (primary N) is 1. The maximum atomic E-state index is 8.59. The van der Waals surface area contributed by atoms with Crippen molar-refractivity contribution in [3.63, 3.8) is 0 Å². The molecule has 1 rings (SSSR count). The van der Waals surface area contributed by atoms with E-state index in [4.69, 9.17) is 16.4 Å². The van der Waals surface area contributed by atoms with Crippen molar-refractivity contribution in [3.8, 4) is 12.1 Å². The van der Waals surface area contributed by atoms with Gasteiger partial charge in [0.25, 0.3) is 0 Å². The zero-order valence-corrected chi connectivity index (χ0v) is 8.72. The van der Waals surface area contributed by atoms with Gasteiger partial charge in [0, 0.05) is 6.54 Å². The molecular weight excluding hydrogens is 204 g/mol. The molecule has 1 heterocycles. The fraction of sp³-hybridized carbons (Fsp3) is 0.300. The van der Waals surface area contributed by atoms with Crippen molar-refractivity contribution >= 4 is 5.82 Å². The number of hydrogen-bond donors (Lipinski definition) is 2. The van der Waals surface area contributed by atoms with Crippen LogP contribution in [0.5, 0.6) is 0 Å². The van der Waals surface area contributed by atoms with E-state index in [1.165, 1.54) is 0 Å². The van der Waals surface area contributed by atoms with Crippen molar-refractivity contribution in [2.24, 2.45) is 5.84 Å². The molecule has 0 unspecified atom stereocenters. The third kappa shape index (κ3) is 3.54. The summed E-state index contributed by atoms with van der Waals surface area (Å²) in [5.74, 6) is 5.80. The molecule has 0 atom stereocenters. The second-order valence-corrected chi connectivity index (χ2v) is 3.12. The van der Waals surface area contributed by atoms with Gasteiger partial charge < -0.3 is 5.43 Å². The van der Waals surface area contributed by atoms with E-state index in [9.17, 15) is 0 Å². The van der Waals surface area contributed by atoms with Crippen molar-refractivity contribution in [1.29, 1.82) is 10.5 Å². The Morgan fingerprint density at radius 1 is 1.31 bits per heavy atom. The van der Waals surface area contributed by atoms with E-state index in [-0.39, 0.29) is 13.1 Å². The van der Waals surface area contributed by atoms with Gasteiger partial charge in [0.15, 0.2) is 0 Å². The van der Waals surface area contributed by atoms with Crippen LogP contribution in [0.1, 0.15) is 5.69 Å². The van der Waals surface area contributed by atoms with Crippen molar-refractivity contribution in [1.82, 2.24) is 9.88 Å². The molecule has 0 aliphatic heterocycles. The minimum Gasteiger partial charge on any atom is -0.308 e. The summed E-state index contributed by atoms with van der Waals surface area (Å²) in [5, 5.41) is 17.2. The number of nitriles is 2. The summed E-state index contributed by atoms with van der Waals surface area (Å²) in [6, 6.07) is 9.39. The maximum absolute atomic E-state index is 8.59. The van der Waals surface area contributed by atoms with Crippen molar-refractivity contribution in [2.75, 3.05) is 18.5 Å². The van der Waals surface area contributed by atoms with Crippen LogP contribution in [0.4, 0.5) is 5.82 Å². The molecule has 6 heteroatoms. The molecular formula is C10H12N6. The number of anilines is 1. The third-order valence-electron chi connectivity index (χ3n) is 1.93. The molecule has 0 bridgehead atoms. The van der Waals surface area contributed by atoms with E-state index in [0.29, 0.717) is 12.4 Å². The Bertz CT molecular complexity index is 400. The highest BCUT2D eigenvalue weighted by Gasteiger charge is 2.06. The second kappa shape index (κ2) is 6.36. The highest BCUT2D eigenvalue weighted by molar-refractivity contribution is 5.33. The molecule has 16 heavy (non-hydrogen) atoms. The molecule has 0 spiro atoms. The number of hydrazine groups is 1. The predicted molar refractivity (Wildman–Crippen MR) is 58.6 cm³/mol. The Labute approximate surface area is 93.9 Å². The molecule has 0 saturated heterocycles. The first kappa shape index (κ1) is 11.9. The average molecular weight is 216 g/mol. The predicted octanol–water partition coefficient (Wildman–Crippen LogP) is 0.216. The standard InChI is InChI=1S/C10H12N6/c11-4-6-16(7-5-12)8-9-2-1-3-10(14-9)15-13/h1-3H,6-8,13H2,(H,14,15). The van der Waals surface area contributed by atoms with Gasteiger partial charge >= 0.3 is 0 Å². The van der Waals surface area contributed by atoms with Crippen molar-refractivity contribution < 1.29 is 0 Å². The lowest BCUT2D eigenvalue weighted by Gasteiger charge is -2.14. The molecule has 0 amide bonds. The first-order valence-electron chi connectivity index (χ1n) is 4.69. The van der Waals surface area contributed by atoms with E-state index in [0.717, 1.165) is 5.69 Å². The van der Waals surface area contributed by atoms with Crippen LogP contribution in [0.15, 0.2) is 18.2 Å². The molecule has 6 nitrogen and oxygen atoms in total. The Hall–Kier alpha value is -2.15. The molecule has 82 valence electrons. The lowest BCUT2D eigenvalue weighted by molar-refractivity contribution is 0.331. The van der Waals surface area contributed by atoms with E-state index in [2.05, 4.69) is 10.4 Å². The number of nitrogens with zero attached hydrogens (tertiary/aromatic N) is 4. The number of hydrogen-bond acceptors (Lipinski definition) is 6. The van der Waals surface area contributed by atoms with Crippen LogP contribution in [-0.4, -0.2) is 23.0 Å². The lowest BCUT2D eigenvalue weighted by atomic mass is 10.3. The van der Waals surface area contributed by atoms with E-state index < -0.39 is 0 Å². The van der Waals surface area contributed by atoms with Gasteiger partial charge in [0.2, 0.25) is 0 Å². The van der Waals surface area contributed by atoms with Crippen LogP contribution in [0.3, 0.4) is 0 Å². The first-order chi connectivity index (χ1) is 7.80. The molecule has 0 aromatic carbocycles. The molecule has 1 aromatic heterocycles. The molecule has 1 aromatic rings. The van der Waals surface area contributed by atoms with Crippen LogP contribution in [-0.2, 0) is 6.54 Å². The van der Waals surface area contributed by atoms with Crippen LogP contribution in [0, 0.1) is 22.7 Å². The summed E-state index contributed by atoms with van der Waals surface area (Å²) in [5.41, 5.74) is 3.21. The highest BCUT2D eigenvalue weighted by atomic mass is 15.3. The first-order valence-corrected chi connectivity index (χ1v) is 4.69. The fourth-order valence-corrected chi connectivity index (χ4v) is 1.24. The molecule has 0 aliphatic rings. The average Bonchev–Trinajstić information content (AvgIpc) is 2.30. The quantitative estimate of drug-likeness (QED) is 0.414. The van der Waals surface area contributed by atoms with Crippen LogP contribution < -0.4 is 11.3 Å². The zero-order valence-electron chi connectivity index (χ0n) is 8.72. The Balaban J connectivity index is 2.70. The lowest BCUT2D eigenvalue weighted by Crippen LogP contribution is -2.24. The molecule has 0 fully saturated rings. The number of pyridine rings is 1. The van der Waals surface area contributed by atoms with E-state index in [1.54, 1.807) is 11.0 Å². The van der Waals surface area contributed by atoms with Crippen molar-refractivity contribution in [3.05, 3.63) is 23.9 Å². The summed E-state index contributed by atoms with van der Waals surface area (Å²) in [4.78, 5) is 5.90. The van der Waals surface area contributed by atoms with Crippen LogP contribution >= 0.6 is 0 Å². The van der Waals surface area contributed by atoms with Gasteiger partial charge in [-0.25, -0.2) is 10.8 Å². The Morgan fingerprint density at radius 2 is 2.00 bits per heavy atom. The number of nitrogen functional groups attached to an aromatic ring is 1. The Kier molecular flexibility index (Phi) is 4.74. The van der Waals surface area contributed by atoms with Gasteiger partial charge in [-0.15, -0.1) is 0 Å². The van der Waals surface area contributed by atoms with Gasteiger partial charge in [-0.2, -0.15) is 10.5 Å². The topological polar surface area (TPSA) is 102 Å². The minimum atomic E-state index is 0.204. The number of aromatic nitrogens is 1. The monoisotopic (exact) mass is 216 g/mol. The highest BCUT2D eigenvalue weighted by Crippen LogP contribution is 2.05. The summed E-state index contributed by atoms with van der Waals surface area (Å²) >= 11 is 0. The number of rotatable bonds is 5. The van der Waals surface area contributed by atoms with Gasteiger partial charge in [-0.1, -0.05) is 6.07 Å². The third-order valence-corrected chi connectivity index (χ3v) is 1.93. The smallest absolute Gasteiger partial charge is 0.140 e. The summed E-state index contributed by atoms with van der Waals surface area (Å²) in [7, 11) is 0. The number of nitrogens with one attached hydrogen (secondary N) is 1. The minimum absolute atomic E-state index is 0.204. The van der Waals surface area contributed by atoms with E-state index >= 15 is 0 Å². The van der Waals surface area contributed by atoms with Gasteiger partial charge in [0.1, 0.15) is 5.82 Å². The summed E-state index contributed by atoms with van der Waals surface area (Å²) in [6.45, 7) is 0.863. The van der Waals surface area contributed by atoms with E-state index in [1.807, 2.05) is 24.3 Å². The maximum Gasteiger partial charge on any atom is 0.140 e. The summed E-state index contributed by atoms with van der Waals surface area (Å²) < 4.78 is 0. The Morgan fingerprint density at radius 3 is 2.56 bits per heavy atom. The molecule has 0 saturated carbocycles. The van der Waals surface area contributed by atoms with Crippen molar-refractivity contribution in [2.45, 2.75) is 6.54 Å². The van der Waals surface area contributed by atoms with Gasteiger partial charge in [-0.3, -0.25) is 4.90 Å².